The minimum absolute atomic E-state index is 0.881. The first-order chi connectivity index (χ1) is 21.2. The molecule has 0 aromatic heterocycles. The first kappa shape index (κ1) is 25.1. The maximum absolute atomic E-state index is 6.51. The fourth-order valence-electron chi connectivity index (χ4n) is 6.29. The summed E-state index contributed by atoms with van der Waals surface area (Å²) in [4.78, 5) is 0. The molecule has 0 N–H and O–H groups in total. The predicted molar refractivity (Wildman–Crippen MR) is 182 cm³/mol. The third-order valence-corrected chi connectivity index (χ3v) is 8.41. The highest BCUT2D eigenvalue weighted by atomic mass is 16.5. The van der Waals surface area contributed by atoms with Crippen LogP contribution in [0.5, 0.6) is 11.5 Å². The Morgan fingerprint density at radius 3 is 2.19 bits per heavy atom. The first-order valence-corrected chi connectivity index (χ1v) is 14.6. The molecule has 8 rings (SSSR count). The van der Waals surface area contributed by atoms with Crippen molar-refractivity contribution < 1.29 is 4.74 Å². The summed E-state index contributed by atoms with van der Waals surface area (Å²) in [5, 5.41) is 4.79. The molecule has 0 fully saturated rings. The quantitative estimate of drug-likeness (QED) is 0.194. The van der Waals surface area contributed by atoms with Gasteiger partial charge in [0.2, 0.25) is 0 Å². The highest BCUT2D eigenvalue weighted by Gasteiger charge is 2.22. The number of rotatable bonds is 5. The van der Waals surface area contributed by atoms with Gasteiger partial charge in [-0.15, -0.1) is 0 Å². The van der Waals surface area contributed by atoms with Crippen LogP contribution >= 0.6 is 0 Å². The minimum Gasteiger partial charge on any atom is -0.456 e. The molecular formula is C42H28O. The molecule has 7 aromatic rings. The normalized spacial score (nSPS) is 11.9. The summed E-state index contributed by atoms with van der Waals surface area (Å²) >= 11 is 0. The van der Waals surface area contributed by atoms with Gasteiger partial charge in [0, 0.05) is 10.9 Å². The second-order valence-electron chi connectivity index (χ2n) is 11.0. The molecule has 43 heavy (non-hydrogen) atoms. The lowest BCUT2D eigenvalue weighted by Crippen LogP contribution is -1.99. The lowest BCUT2D eigenvalue weighted by Gasteiger charge is -2.23. The van der Waals surface area contributed by atoms with Crippen molar-refractivity contribution in [1.82, 2.24) is 0 Å². The van der Waals surface area contributed by atoms with Crippen LogP contribution in [0, 0.1) is 0 Å². The number of hydrogen-bond acceptors (Lipinski definition) is 1. The molecule has 7 aromatic carbocycles. The van der Waals surface area contributed by atoms with E-state index >= 15 is 0 Å². The van der Waals surface area contributed by atoms with Gasteiger partial charge in [0.25, 0.3) is 0 Å². The van der Waals surface area contributed by atoms with Crippen LogP contribution in [0.15, 0.2) is 158 Å². The Labute approximate surface area is 251 Å². The fourth-order valence-corrected chi connectivity index (χ4v) is 6.29. The monoisotopic (exact) mass is 548 g/mol. The Balaban J connectivity index is 1.13. The SMILES string of the molecule is C=C(/C=C\c1cccc(-c2cccc3ccccc23)c1)c1ccc2c3c(cccc13)Oc1cc(-c3ccccc3)ccc1-2. The van der Waals surface area contributed by atoms with Gasteiger partial charge in [-0.25, -0.2) is 0 Å². The van der Waals surface area contributed by atoms with Gasteiger partial charge in [-0.3, -0.25) is 0 Å². The summed E-state index contributed by atoms with van der Waals surface area (Å²) < 4.78 is 6.51. The van der Waals surface area contributed by atoms with Crippen molar-refractivity contribution in [2.24, 2.45) is 0 Å². The average molecular weight is 549 g/mol. The standard InChI is InChI=1S/C42H28O/c1-28(20-21-29-10-7-15-33(26-29)36-17-8-14-31-13-5-6-16-35(31)36)34-24-25-39-37-23-22-32(30-11-3-2-4-12-30)27-41(37)43-40-19-9-18-38(34)42(39)40/h2-27H,1H2/b21-20-. The largest absolute Gasteiger partial charge is 0.456 e. The van der Waals surface area contributed by atoms with Gasteiger partial charge < -0.3 is 4.74 Å². The van der Waals surface area contributed by atoms with Gasteiger partial charge in [0.1, 0.15) is 11.5 Å². The maximum atomic E-state index is 6.51. The molecule has 1 heterocycles. The van der Waals surface area contributed by atoms with Crippen molar-refractivity contribution >= 4 is 33.2 Å². The van der Waals surface area contributed by atoms with Crippen LogP contribution in [0.2, 0.25) is 0 Å². The Bertz CT molecular complexity index is 2210. The van der Waals surface area contributed by atoms with Crippen LogP contribution in [0.1, 0.15) is 11.1 Å². The Kier molecular flexibility index (Phi) is 6.02. The highest BCUT2D eigenvalue weighted by molar-refractivity contribution is 6.09. The van der Waals surface area contributed by atoms with Gasteiger partial charge in [0.15, 0.2) is 0 Å². The van der Waals surface area contributed by atoms with E-state index in [2.05, 4.69) is 158 Å². The Hall–Kier alpha value is -5.66. The van der Waals surface area contributed by atoms with Crippen molar-refractivity contribution in [1.29, 1.82) is 0 Å². The van der Waals surface area contributed by atoms with Gasteiger partial charge in [-0.1, -0.05) is 140 Å². The van der Waals surface area contributed by atoms with Crippen LogP contribution < -0.4 is 4.74 Å². The number of benzene rings is 7. The van der Waals surface area contributed by atoms with E-state index in [9.17, 15) is 0 Å². The molecule has 0 aliphatic carbocycles. The van der Waals surface area contributed by atoms with E-state index in [1.165, 1.54) is 33.0 Å². The third kappa shape index (κ3) is 4.43. The van der Waals surface area contributed by atoms with Gasteiger partial charge in [-0.05, 0) is 84.9 Å². The van der Waals surface area contributed by atoms with Crippen molar-refractivity contribution in [2.75, 3.05) is 0 Å². The van der Waals surface area contributed by atoms with Gasteiger partial charge in [-0.2, -0.15) is 0 Å². The maximum Gasteiger partial charge on any atom is 0.135 e. The smallest absolute Gasteiger partial charge is 0.135 e. The molecule has 0 bridgehead atoms. The third-order valence-electron chi connectivity index (χ3n) is 8.41. The Morgan fingerprint density at radius 1 is 0.512 bits per heavy atom. The number of allylic oxidation sites excluding steroid dienone is 2. The summed E-state index contributed by atoms with van der Waals surface area (Å²) in [6.45, 7) is 4.48. The summed E-state index contributed by atoms with van der Waals surface area (Å²) in [6.07, 6.45) is 4.28. The van der Waals surface area contributed by atoms with Gasteiger partial charge in [0.05, 0.1) is 0 Å². The van der Waals surface area contributed by atoms with Crippen LogP contribution in [0.3, 0.4) is 0 Å². The summed E-state index contributed by atoms with van der Waals surface area (Å²) in [7, 11) is 0. The number of hydrogen-bond donors (Lipinski definition) is 0. The van der Waals surface area contributed by atoms with Crippen LogP contribution in [-0.2, 0) is 0 Å². The molecule has 1 nitrogen and oxygen atoms in total. The van der Waals surface area contributed by atoms with Gasteiger partial charge >= 0.3 is 0 Å². The molecule has 0 radical (unpaired) electrons. The van der Waals surface area contributed by atoms with Crippen LogP contribution in [0.4, 0.5) is 0 Å². The van der Waals surface area contributed by atoms with E-state index in [4.69, 9.17) is 4.74 Å². The van der Waals surface area contributed by atoms with Crippen molar-refractivity contribution in [3.8, 4) is 44.9 Å². The van der Waals surface area contributed by atoms with E-state index in [1.807, 2.05) is 6.07 Å². The average Bonchev–Trinajstić information content (AvgIpc) is 3.07. The second-order valence-corrected chi connectivity index (χ2v) is 11.0. The molecule has 0 unspecified atom stereocenters. The molecule has 1 aliphatic rings. The molecule has 0 spiro atoms. The Morgan fingerprint density at radius 2 is 1.26 bits per heavy atom. The van der Waals surface area contributed by atoms with E-state index < -0.39 is 0 Å². The molecule has 0 atom stereocenters. The molecule has 0 amide bonds. The zero-order chi connectivity index (χ0) is 28.8. The molecule has 202 valence electrons. The zero-order valence-corrected chi connectivity index (χ0v) is 23.6. The first-order valence-electron chi connectivity index (χ1n) is 14.6. The van der Waals surface area contributed by atoms with Crippen LogP contribution in [0.25, 0.3) is 66.6 Å². The van der Waals surface area contributed by atoms with E-state index in [0.717, 1.165) is 50.1 Å². The number of fused-ring (bicyclic) bond motifs is 3. The predicted octanol–water partition coefficient (Wildman–Crippen LogP) is 11.8. The second kappa shape index (κ2) is 10.3. The van der Waals surface area contributed by atoms with E-state index in [0.29, 0.717) is 0 Å². The molecule has 0 saturated heterocycles. The lowest BCUT2D eigenvalue weighted by atomic mass is 9.89. The number of ether oxygens (including phenoxy) is 1. The van der Waals surface area contributed by atoms with Crippen LogP contribution in [-0.4, -0.2) is 0 Å². The summed E-state index contributed by atoms with van der Waals surface area (Å²) in [5.74, 6) is 1.77. The zero-order valence-electron chi connectivity index (χ0n) is 23.6. The van der Waals surface area contributed by atoms with Crippen molar-refractivity contribution in [2.45, 2.75) is 0 Å². The van der Waals surface area contributed by atoms with Crippen molar-refractivity contribution in [3.05, 3.63) is 169 Å². The highest BCUT2D eigenvalue weighted by Crippen LogP contribution is 2.48. The minimum atomic E-state index is 0.881. The van der Waals surface area contributed by atoms with E-state index in [1.54, 1.807) is 0 Å². The fraction of sp³-hybridized carbons (Fsp3) is 0. The lowest BCUT2D eigenvalue weighted by molar-refractivity contribution is 0.487. The molecule has 1 aliphatic heterocycles. The topological polar surface area (TPSA) is 9.23 Å². The molecule has 1 heteroatoms. The van der Waals surface area contributed by atoms with Crippen molar-refractivity contribution in [3.63, 3.8) is 0 Å². The summed E-state index contributed by atoms with van der Waals surface area (Å²) in [6, 6.07) is 51.4. The molecular weight excluding hydrogens is 520 g/mol. The van der Waals surface area contributed by atoms with E-state index in [-0.39, 0.29) is 0 Å². The molecule has 0 saturated carbocycles. The summed E-state index contributed by atoms with van der Waals surface area (Å²) in [5.41, 5.74) is 10.3.